The second kappa shape index (κ2) is 12.7. The van der Waals surface area contributed by atoms with Gasteiger partial charge in [-0.15, -0.1) is 11.8 Å². The Morgan fingerprint density at radius 2 is 1.21 bits per heavy atom. The Bertz CT molecular complexity index is 1450. The lowest BCUT2D eigenvalue weighted by molar-refractivity contribution is -0.169. The maximum atomic E-state index is 13.4. The number of carbonyl (C=O) groups is 4. The number of rotatable bonds is 9. The number of nitrogens with one attached hydrogen (secondary N) is 1. The molecule has 2 atom stereocenters. The highest BCUT2D eigenvalue weighted by atomic mass is 32.2. The summed E-state index contributed by atoms with van der Waals surface area (Å²) in [6.45, 7) is -0.336. The number of ether oxygens (including phenoxy) is 2. The van der Waals surface area contributed by atoms with Crippen molar-refractivity contribution in [3.8, 4) is 5.75 Å². The van der Waals surface area contributed by atoms with Crippen molar-refractivity contribution in [3.63, 3.8) is 0 Å². The zero-order valence-corrected chi connectivity index (χ0v) is 23.5. The number of likely N-dealkylation sites (tertiary alicyclic amines) is 1. The van der Waals surface area contributed by atoms with Crippen molar-refractivity contribution < 1.29 is 28.7 Å². The topological polar surface area (TPSA) is 102 Å². The van der Waals surface area contributed by atoms with Crippen LogP contribution in [-0.2, 0) is 28.7 Å². The molecular weight excluding hydrogens is 552 g/mol. The van der Waals surface area contributed by atoms with Gasteiger partial charge < -0.3 is 14.8 Å². The first-order valence-corrected chi connectivity index (χ1v) is 14.1. The Labute approximate surface area is 247 Å². The quantitative estimate of drug-likeness (QED) is 0.137. The van der Waals surface area contributed by atoms with Crippen LogP contribution in [0.4, 0.5) is 0 Å². The fraction of sp³-hybridized carbons (Fsp3) is 0.152. The molecule has 0 aromatic heterocycles. The zero-order chi connectivity index (χ0) is 29.5. The molecule has 4 aromatic carbocycles. The lowest BCUT2D eigenvalue weighted by Crippen LogP contribution is -2.72. The van der Waals surface area contributed by atoms with Gasteiger partial charge in [0.25, 0.3) is 11.8 Å². The van der Waals surface area contributed by atoms with Crippen molar-refractivity contribution in [2.75, 3.05) is 13.7 Å². The number of amides is 3. The van der Waals surface area contributed by atoms with Crippen molar-refractivity contribution >= 4 is 35.5 Å². The van der Waals surface area contributed by atoms with Gasteiger partial charge in [0, 0.05) is 0 Å². The molecule has 1 fully saturated rings. The maximum Gasteiger partial charge on any atom is 0.397 e. The van der Waals surface area contributed by atoms with Crippen LogP contribution in [0.1, 0.15) is 16.7 Å². The first-order valence-electron chi connectivity index (χ1n) is 13.2. The summed E-state index contributed by atoms with van der Waals surface area (Å²) in [5.74, 6) is -3.03. The summed E-state index contributed by atoms with van der Waals surface area (Å²) in [7, 11) is 1.08. The van der Waals surface area contributed by atoms with Crippen LogP contribution in [0.15, 0.2) is 121 Å². The highest BCUT2D eigenvalue weighted by molar-refractivity contribution is 8.01. The van der Waals surface area contributed by atoms with Crippen LogP contribution in [0, 0.1) is 0 Å². The molecule has 1 aliphatic rings. The minimum Gasteiger partial charge on any atom is -0.484 e. The number of β-lactam (4-membered cyclic amide) rings is 1. The minimum absolute atomic E-state index is 0.336. The second-order valence-electron chi connectivity index (χ2n) is 9.44. The predicted molar refractivity (Wildman–Crippen MR) is 158 cm³/mol. The zero-order valence-electron chi connectivity index (χ0n) is 22.7. The van der Waals surface area contributed by atoms with Crippen molar-refractivity contribution in [1.29, 1.82) is 0 Å². The molecule has 0 radical (unpaired) electrons. The largest absolute Gasteiger partial charge is 0.484 e. The lowest BCUT2D eigenvalue weighted by Gasteiger charge is -2.49. The summed E-state index contributed by atoms with van der Waals surface area (Å²) in [6, 6.07) is 36.8. The fourth-order valence-electron chi connectivity index (χ4n) is 4.90. The molecule has 1 N–H and O–H groups in total. The first kappa shape index (κ1) is 28.6. The summed E-state index contributed by atoms with van der Waals surface area (Å²) in [5, 5.41) is 1.77. The van der Waals surface area contributed by atoms with Gasteiger partial charge in [-0.25, -0.2) is 4.79 Å². The molecule has 0 saturated carbocycles. The molecule has 1 aliphatic heterocycles. The Kier molecular flexibility index (Phi) is 8.68. The Balaban J connectivity index is 1.55. The van der Waals surface area contributed by atoms with E-state index in [9.17, 15) is 19.2 Å². The van der Waals surface area contributed by atoms with E-state index in [1.54, 1.807) is 24.3 Å². The molecule has 5 rings (SSSR count). The monoisotopic (exact) mass is 580 g/mol. The number of para-hydroxylation sites is 1. The number of thioether (sulfide) groups is 1. The molecule has 8 nitrogen and oxygen atoms in total. The first-order chi connectivity index (χ1) is 20.5. The van der Waals surface area contributed by atoms with Gasteiger partial charge in [0.05, 0.1) is 11.9 Å². The smallest absolute Gasteiger partial charge is 0.397 e. The number of imide groups is 1. The molecule has 0 bridgehead atoms. The van der Waals surface area contributed by atoms with Gasteiger partial charge in [0.15, 0.2) is 6.61 Å². The van der Waals surface area contributed by atoms with Crippen molar-refractivity contribution in [3.05, 3.63) is 138 Å². The normalized spacial score (nSPS) is 16.2. The third-order valence-corrected chi connectivity index (χ3v) is 8.68. The summed E-state index contributed by atoms with van der Waals surface area (Å²) in [5.41, 5.74) is 2.65. The van der Waals surface area contributed by atoms with Gasteiger partial charge in [-0.3, -0.25) is 19.3 Å². The average molecular weight is 581 g/mol. The summed E-state index contributed by atoms with van der Waals surface area (Å²) < 4.78 is 9.28. The van der Waals surface area contributed by atoms with E-state index in [0.29, 0.717) is 5.75 Å². The number of hydrogen-bond acceptors (Lipinski definition) is 7. The third kappa shape index (κ3) is 5.64. The van der Waals surface area contributed by atoms with E-state index in [1.807, 2.05) is 97.1 Å². The number of carbonyl (C=O) groups excluding carboxylic acids is 4. The van der Waals surface area contributed by atoms with Crippen molar-refractivity contribution in [2.45, 2.75) is 16.2 Å². The highest BCUT2D eigenvalue weighted by Gasteiger charge is 2.57. The molecule has 0 unspecified atom stereocenters. The van der Waals surface area contributed by atoms with Crippen molar-refractivity contribution in [2.24, 2.45) is 0 Å². The lowest BCUT2D eigenvalue weighted by atomic mass is 9.84. The number of nitrogens with zero attached hydrogens (tertiary/aromatic N) is 1. The van der Waals surface area contributed by atoms with Gasteiger partial charge in [-0.05, 0) is 28.8 Å². The van der Waals surface area contributed by atoms with Gasteiger partial charge in [0.2, 0.25) is 0 Å². The van der Waals surface area contributed by atoms with Gasteiger partial charge >= 0.3 is 11.9 Å². The molecule has 3 amide bonds. The Morgan fingerprint density at radius 1 is 0.762 bits per heavy atom. The highest BCUT2D eigenvalue weighted by Crippen LogP contribution is 2.53. The van der Waals surface area contributed by atoms with Crippen LogP contribution in [0.5, 0.6) is 5.75 Å². The molecule has 4 aromatic rings. The second-order valence-corrected chi connectivity index (χ2v) is 10.8. The van der Waals surface area contributed by atoms with Crippen LogP contribution < -0.4 is 10.1 Å². The summed E-state index contributed by atoms with van der Waals surface area (Å²) >= 11 is 1.29. The van der Waals surface area contributed by atoms with Crippen LogP contribution in [0.2, 0.25) is 0 Å². The van der Waals surface area contributed by atoms with Gasteiger partial charge in [0.1, 0.15) is 17.2 Å². The summed E-state index contributed by atoms with van der Waals surface area (Å²) in [6.07, 6.45) is 0. The van der Waals surface area contributed by atoms with Crippen LogP contribution in [-0.4, -0.2) is 53.7 Å². The number of hydrogen-bond donors (Lipinski definition) is 1. The molecule has 1 saturated heterocycles. The fourth-order valence-corrected chi connectivity index (χ4v) is 6.71. The van der Waals surface area contributed by atoms with E-state index in [4.69, 9.17) is 4.74 Å². The van der Waals surface area contributed by atoms with E-state index in [0.717, 1.165) is 28.7 Å². The molecule has 42 heavy (non-hydrogen) atoms. The molecule has 1 heterocycles. The van der Waals surface area contributed by atoms with E-state index >= 15 is 0 Å². The third-order valence-electron chi connectivity index (χ3n) is 6.89. The molecule has 212 valence electrons. The van der Waals surface area contributed by atoms with Gasteiger partial charge in [-0.1, -0.05) is 109 Å². The standard InChI is InChI=1S/C33H28N2O6S/c1-40-32(39)30(38)35-29(37)28(34-27(36)22-41-26-20-12-5-13-21-26)31(35)42-33(23-14-6-2-7-15-23,24-16-8-3-9-17-24)25-18-10-4-11-19-25/h2-21,28,31H,22H2,1H3,(H,34,36)/t28-,31-/m1/s1. The SMILES string of the molecule is COC(=O)C(=O)N1C(=O)[C@@H](NC(=O)COc2ccccc2)[C@H]1SC(c1ccccc1)(c1ccccc1)c1ccccc1. The number of esters is 1. The Morgan fingerprint density at radius 3 is 1.67 bits per heavy atom. The molecule has 0 spiro atoms. The van der Waals surface area contributed by atoms with E-state index in [1.165, 1.54) is 11.8 Å². The molecular formula is C33H28N2O6S. The predicted octanol–water partition coefficient (Wildman–Crippen LogP) is 4.14. The van der Waals surface area contributed by atoms with E-state index < -0.39 is 39.9 Å². The van der Waals surface area contributed by atoms with Crippen LogP contribution in [0.3, 0.4) is 0 Å². The van der Waals surface area contributed by atoms with Crippen LogP contribution >= 0.6 is 11.8 Å². The molecule has 0 aliphatic carbocycles. The van der Waals surface area contributed by atoms with Gasteiger partial charge in [-0.2, -0.15) is 0 Å². The van der Waals surface area contributed by atoms with Crippen LogP contribution in [0.25, 0.3) is 0 Å². The average Bonchev–Trinajstić information content (AvgIpc) is 3.05. The maximum absolute atomic E-state index is 13.4. The number of benzene rings is 4. The van der Waals surface area contributed by atoms with E-state index in [-0.39, 0.29) is 6.61 Å². The summed E-state index contributed by atoms with van der Waals surface area (Å²) in [4.78, 5) is 52.6. The molecule has 9 heteroatoms. The Hall–Kier alpha value is -4.89. The van der Waals surface area contributed by atoms with Crippen molar-refractivity contribution in [1.82, 2.24) is 10.2 Å². The number of methoxy groups -OCH3 is 1. The van der Waals surface area contributed by atoms with E-state index in [2.05, 4.69) is 10.1 Å². The minimum atomic E-state index is -1.17.